The van der Waals surface area contributed by atoms with Crippen LogP contribution in [0.4, 0.5) is 4.39 Å². The first-order valence-electron chi connectivity index (χ1n) is 10.4. The SMILES string of the molecule is O=C(NCCc1ccccn1)C1CC12CCN(C(=O)Cc1c(F)cccc1Cl)CC2. The summed E-state index contributed by atoms with van der Waals surface area (Å²) in [6.07, 6.45) is 4.93. The van der Waals surface area contributed by atoms with E-state index in [4.69, 9.17) is 11.6 Å². The number of rotatable bonds is 6. The first kappa shape index (κ1) is 20.8. The summed E-state index contributed by atoms with van der Waals surface area (Å²) in [6.45, 7) is 1.78. The predicted octanol–water partition coefficient (Wildman–Crippen LogP) is 3.40. The van der Waals surface area contributed by atoms with Gasteiger partial charge in [0.15, 0.2) is 0 Å². The Kier molecular flexibility index (Phi) is 6.04. The highest BCUT2D eigenvalue weighted by molar-refractivity contribution is 6.31. The van der Waals surface area contributed by atoms with Gasteiger partial charge in [-0.2, -0.15) is 0 Å². The van der Waals surface area contributed by atoms with Gasteiger partial charge in [-0.1, -0.05) is 23.7 Å². The number of hydrogen-bond acceptors (Lipinski definition) is 3. The van der Waals surface area contributed by atoms with Crippen molar-refractivity contribution in [1.82, 2.24) is 15.2 Å². The average Bonchev–Trinajstić information content (AvgIpc) is 3.45. The van der Waals surface area contributed by atoms with Crippen LogP contribution in [0.15, 0.2) is 42.6 Å². The van der Waals surface area contributed by atoms with Crippen LogP contribution in [0.3, 0.4) is 0 Å². The molecule has 30 heavy (non-hydrogen) atoms. The fourth-order valence-electron chi connectivity index (χ4n) is 4.42. The molecule has 1 saturated carbocycles. The molecule has 1 atom stereocenters. The maximum Gasteiger partial charge on any atom is 0.227 e. The molecule has 4 rings (SSSR count). The summed E-state index contributed by atoms with van der Waals surface area (Å²) < 4.78 is 14.0. The minimum absolute atomic E-state index is 0.0154. The first-order valence-corrected chi connectivity index (χ1v) is 10.7. The molecule has 2 heterocycles. The molecule has 5 nitrogen and oxygen atoms in total. The molecule has 2 amide bonds. The lowest BCUT2D eigenvalue weighted by atomic mass is 9.90. The lowest BCUT2D eigenvalue weighted by Crippen LogP contribution is -2.41. The number of halogens is 2. The highest BCUT2D eigenvalue weighted by atomic mass is 35.5. The first-order chi connectivity index (χ1) is 14.5. The lowest BCUT2D eigenvalue weighted by molar-refractivity contribution is -0.132. The second-order valence-corrected chi connectivity index (χ2v) is 8.65. The van der Waals surface area contributed by atoms with Crippen molar-refractivity contribution >= 4 is 23.4 Å². The van der Waals surface area contributed by atoms with Crippen LogP contribution in [0.25, 0.3) is 0 Å². The van der Waals surface area contributed by atoms with Crippen LogP contribution in [0.2, 0.25) is 5.02 Å². The molecule has 1 aliphatic carbocycles. The molecule has 0 radical (unpaired) electrons. The van der Waals surface area contributed by atoms with Gasteiger partial charge in [-0.05, 0) is 48.9 Å². The van der Waals surface area contributed by atoms with E-state index in [-0.39, 0.29) is 40.2 Å². The van der Waals surface area contributed by atoms with Gasteiger partial charge in [-0.3, -0.25) is 14.6 Å². The monoisotopic (exact) mass is 429 g/mol. The number of piperidine rings is 1. The Morgan fingerprint density at radius 1 is 1.20 bits per heavy atom. The van der Waals surface area contributed by atoms with Crippen LogP contribution in [-0.4, -0.2) is 41.3 Å². The number of likely N-dealkylation sites (tertiary alicyclic amines) is 1. The standard InChI is InChI=1S/C23H25ClFN3O2/c24-19-5-3-6-20(25)17(19)14-21(29)28-12-8-23(9-13-28)15-18(23)22(30)27-11-7-16-4-1-2-10-26-16/h1-6,10,18H,7-9,11-15H2,(H,27,30). The van der Waals surface area contributed by atoms with Crippen molar-refractivity contribution in [2.75, 3.05) is 19.6 Å². The van der Waals surface area contributed by atoms with Crippen molar-refractivity contribution in [3.8, 4) is 0 Å². The normalized spacial score (nSPS) is 19.5. The summed E-state index contributed by atoms with van der Waals surface area (Å²) in [5.74, 6) is -0.439. The van der Waals surface area contributed by atoms with Crippen molar-refractivity contribution < 1.29 is 14.0 Å². The minimum Gasteiger partial charge on any atom is -0.355 e. The van der Waals surface area contributed by atoms with Crippen LogP contribution in [0, 0.1) is 17.2 Å². The summed E-state index contributed by atoms with van der Waals surface area (Å²) in [4.78, 5) is 31.2. The van der Waals surface area contributed by atoms with Crippen molar-refractivity contribution in [3.05, 3.63) is 64.7 Å². The Hall–Kier alpha value is -2.47. The number of benzene rings is 1. The molecule has 1 N–H and O–H groups in total. The molecule has 1 saturated heterocycles. The molecular formula is C23H25ClFN3O2. The molecule has 7 heteroatoms. The zero-order valence-corrected chi connectivity index (χ0v) is 17.5. The van der Waals surface area contributed by atoms with Crippen molar-refractivity contribution in [2.45, 2.75) is 32.1 Å². The lowest BCUT2D eigenvalue weighted by Gasteiger charge is -2.33. The van der Waals surface area contributed by atoms with E-state index in [1.54, 1.807) is 17.2 Å². The van der Waals surface area contributed by atoms with Gasteiger partial charge in [-0.25, -0.2) is 4.39 Å². The van der Waals surface area contributed by atoms with Crippen molar-refractivity contribution in [2.24, 2.45) is 11.3 Å². The largest absolute Gasteiger partial charge is 0.355 e. The van der Waals surface area contributed by atoms with Gasteiger partial charge in [0, 0.05) is 54.4 Å². The number of nitrogens with one attached hydrogen (secondary N) is 1. The second kappa shape index (κ2) is 8.72. The Labute approximate surface area is 180 Å². The third kappa shape index (κ3) is 4.48. The van der Waals surface area contributed by atoms with Crippen molar-refractivity contribution in [3.63, 3.8) is 0 Å². The molecule has 2 aromatic rings. The van der Waals surface area contributed by atoms with E-state index in [0.717, 1.165) is 25.0 Å². The van der Waals surface area contributed by atoms with Gasteiger partial charge in [0.1, 0.15) is 5.82 Å². The van der Waals surface area contributed by atoms with E-state index in [2.05, 4.69) is 10.3 Å². The quantitative estimate of drug-likeness (QED) is 0.765. The zero-order chi connectivity index (χ0) is 21.1. The summed E-state index contributed by atoms with van der Waals surface area (Å²) in [6, 6.07) is 10.2. The maximum absolute atomic E-state index is 14.0. The van der Waals surface area contributed by atoms with E-state index < -0.39 is 5.82 Å². The number of carbonyl (C=O) groups excluding carboxylic acids is 2. The fourth-order valence-corrected chi connectivity index (χ4v) is 4.65. The summed E-state index contributed by atoms with van der Waals surface area (Å²) in [5, 5.41) is 3.31. The molecule has 2 aliphatic rings. The van der Waals surface area contributed by atoms with Gasteiger partial charge < -0.3 is 10.2 Å². The number of hydrogen-bond donors (Lipinski definition) is 1. The number of carbonyl (C=O) groups is 2. The molecule has 0 bridgehead atoms. The summed E-state index contributed by atoms with van der Waals surface area (Å²) >= 11 is 6.04. The number of nitrogens with zero attached hydrogens (tertiary/aromatic N) is 2. The van der Waals surface area contributed by atoms with Crippen molar-refractivity contribution in [1.29, 1.82) is 0 Å². The average molecular weight is 430 g/mol. The molecule has 1 unspecified atom stereocenters. The Morgan fingerprint density at radius 2 is 2.00 bits per heavy atom. The molecule has 2 fully saturated rings. The Bertz CT molecular complexity index is 909. The van der Waals surface area contributed by atoms with E-state index >= 15 is 0 Å². The molecule has 1 spiro atoms. The van der Waals surface area contributed by atoms with Crippen LogP contribution < -0.4 is 5.32 Å². The predicted molar refractivity (Wildman–Crippen MR) is 112 cm³/mol. The van der Waals surface area contributed by atoms with E-state index in [1.165, 1.54) is 12.1 Å². The van der Waals surface area contributed by atoms with Gasteiger partial charge in [0.05, 0.1) is 6.42 Å². The Balaban J connectivity index is 1.23. The fraction of sp³-hybridized carbons (Fsp3) is 0.435. The van der Waals surface area contributed by atoms with Crippen LogP contribution >= 0.6 is 11.6 Å². The highest BCUT2D eigenvalue weighted by Gasteiger charge is 2.58. The van der Waals surface area contributed by atoms with Crippen LogP contribution in [-0.2, 0) is 22.4 Å². The van der Waals surface area contributed by atoms with E-state index in [1.807, 2.05) is 18.2 Å². The van der Waals surface area contributed by atoms with Gasteiger partial charge in [0.2, 0.25) is 11.8 Å². The highest BCUT2D eigenvalue weighted by Crippen LogP contribution is 2.59. The second-order valence-electron chi connectivity index (χ2n) is 8.24. The third-order valence-electron chi connectivity index (χ3n) is 6.41. The molecular weight excluding hydrogens is 405 g/mol. The molecule has 1 aromatic carbocycles. The van der Waals surface area contributed by atoms with Gasteiger partial charge in [-0.15, -0.1) is 0 Å². The van der Waals surface area contributed by atoms with E-state index in [9.17, 15) is 14.0 Å². The zero-order valence-electron chi connectivity index (χ0n) is 16.7. The topological polar surface area (TPSA) is 62.3 Å². The maximum atomic E-state index is 14.0. The summed E-state index contributed by atoms with van der Waals surface area (Å²) in [5.41, 5.74) is 1.23. The van der Waals surface area contributed by atoms with Gasteiger partial charge in [0.25, 0.3) is 0 Å². The number of aromatic nitrogens is 1. The Morgan fingerprint density at radius 3 is 2.70 bits per heavy atom. The van der Waals surface area contributed by atoms with E-state index in [0.29, 0.717) is 26.1 Å². The summed E-state index contributed by atoms with van der Waals surface area (Å²) in [7, 11) is 0. The number of pyridine rings is 1. The molecule has 1 aromatic heterocycles. The molecule has 1 aliphatic heterocycles. The van der Waals surface area contributed by atoms with Gasteiger partial charge >= 0.3 is 0 Å². The molecule has 158 valence electrons. The minimum atomic E-state index is -0.450. The smallest absolute Gasteiger partial charge is 0.227 e. The van der Waals surface area contributed by atoms with Crippen LogP contribution in [0.5, 0.6) is 0 Å². The van der Waals surface area contributed by atoms with Crippen LogP contribution in [0.1, 0.15) is 30.5 Å². The number of amides is 2. The third-order valence-corrected chi connectivity index (χ3v) is 6.77.